The maximum absolute atomic E-state index is 14.3. The van der Waals surface area contributed by atoms with Crippen molar-refractivity contribution in [1.82, 2.24) is 0 Å². The quantitative estimate of drug-likeness (QED) is 0.222. The maximum Gasteiger partial charge on any atom is 0.314 e. The summed E-state index contributed by atoms with van der Waals surface area (Å²) in [6, 6.07) is 7.28. The lowest BCUT2D eigenvalue weighted by atomic mass is 10.0. The van der Waals surface area contributed by atoms with Crippen LogP contribution in [0.3, 0.4) is 0 Å². The summed E-state index contributed by atoms with van der Waals surface area (Å²) in [7, 11) is -4.35. The molecule has 0 bridgehead atoms. The van der Waals surface area contributed by atoms with E-state index in [2.05, 4.69) is 0 Å². The topological polar surface area (TPSA) is 77.5 Å². The fraction of sp³-hybridized carbons (Fsp3) is 0.444. The third-order valence-corrected chi connectivity index (χ3v) is 8.26. The fourth-order valence-electron chi connectivity index (χ4n) is 4.40. The first kappa shape index (κ1) is 26.7. The van der Waals surface area contributed by atoms with Gasteiger partial charge >= 0.3 is 5.97 Å². The highest BCUT2D eigenvalue weighted by Crippen LogP contribution is 2.53. The third kappa shape index (κ3) is 6.09. The Morgan fingerprint density at radius 2 is 1.12 bits per heavy atom. The Balaban J connectivity index is 2.57. The summed E-state index contributed by atoms with van der Waals surface area (Å²) in [5.74, 6) is -0.777. The van der Waals surface area contributed by atoms with Crippen molar-refractivity contribution in [1.29, 1.82) is 0 Å². The van der Waals surface area contributed by atoms with Gasteiger partial charge in [-0.15, -0.1) is 0 Å². The van der Waals surface area contributed by atoms with Gasteiger partial charge in [0.1, 0.15) is 6.16 Å². The van der Waals surface area contributed by atoms with Gasteiger partial charge in [-0.3, -0.25) is 14.4 Å². The van der Waals surface area contributed by atoms with Crippen LogP contribution >= 0.6 is 7.14 Å². The van der Waals surface area contributed by atoms with Crippen molar-refractivity contribution >= 4 is 24.2 Å². The molecule has 0 saturated carbocycles. The number of carbonyl (C=O) groups excluding carboxylic acids is 3. The van der Waals surface area contributed by atoms with Crippen molar-refractivity contribution in [3.05, 3.63) is 68.8 Å². The lowest BCUT2D eigenvalue weighted by molar-refractivity contribution is -0.140. The van der Waals surface area contributed by atoms with E-state index in [1.807, 2.05) is 45.0 Å². The van der Waals surface area contributed by atoms with Gasteiger partial charge in [0.15, 0.2) is 0 Å². The number of rotatable bonds is 10. The number of hydrogen-bond donors (Lipinski definition) is 0. The first-order valence-electron chi connectivity index (χ1n) is 11.4. The van der Waals surface area contributed by atoms with Gasteiger partial charge in [0.25, 0.3) is 0 Å². The van der Waals surface area contributed by atoms with Gasteiger partial charge in [0.2, 0.25) is 18.2 Å². The van der Waals surface area contributed by atoms with Gasteiger partial charge in [-0.2, -0.15) is 0 Å². The molecule has 0 radical (unpaired) electrons. The Morgan fingerprint density at radius 1 is 0.727 bits per heavy atom. The predicted molar refractivity (Wildman–Crippen MR) is 133 cm³/mol. The molecule has 33 heavy (non-hydrogen) atoms. The number of benzene rings is 2. The summed E-state index contributed by atoms with van der Waals surface area (Å²) in [4.78, 5) is 40.1. The molecule has 2 aromatic carbocycles. The highest BCUT2D eigenvalue weighted by Gasteiger charge is 2.45. The van der Waals surface area contributed by atoms with Gasteiger partial charge in [-0.25, -0.2) is 0 Å². The van der Waals surface area contributed by atoms with Gasteiger partial charge < -0.3 is 9.30 Å². The van der Waals surface area contributed by atoms with E-state index in [0.717, 1.165) is 24.0 Å². The molecular formula is C27H35O5P. The lowest BCUT2D eigenvalue weighted by Crippen LogP contribution is -2.22. The summed E-state index contributed by atoms with van der Waals surface area (Å²) in [5.41, 5.74) is 3.43. The molecule has 0 aliphatic heterocycles. The number of aryl methyl sites for hydroxylation is 6. The van der Waals surface area contributed by atoms with E-state index in [9.17, 15) is 18.9 Å². The molecule has 0 aromatic heterocycles. The van der Waals surface area contributed by atoms with Crippen LogP contribution in [-0.2, 0) is 14.1 Å². The third-order valence-electron chi connectivity index (χ3n) is 5.80. The van der Waals surface area contributed by atoms with Crippen molar-refractivity contribution in [2.24, 2.45) is 0 Å². The Hall–Kier alpha value is -2.52. The zero-order valence-corrected chi connectivity index (χ0v) is 21.7. The van der Waals surface area contributed by atoms with Crippen molar-refractivity contribution < 1.29 is 23.7 Å². The van der Waals surface area contributed by atoms with Crippen molar-refractivity contribution in [2.45, 2.75) is 67.7 Å². The second-order valence-corrected chi connectivity index (χ2v) is 11.6. The van der Waals surface area contributed by atoms with E-state index in [1.165, 1.54) is 0 Å². The minimum atomic E-state index is -4.35. The zero-order valence-electron chi connectivity index (χ0n) is 20.8. The van der Waals surface area contributed by atoms with E-state index in [1.54, 1.807) is 27.7 Å². The Morgan fingerprint density at radius 3 is 1.48 bits per heavy atom. The molecule has 0 fully saturated rings. The van der Waals surface area contributed by atoms with Gasteiger partial charge in [0.05, 0.1) is 6.61 Å². The molecule has 0 unspecified atom stereocenters. The number of unbranched alkanes of at least 4 members (excludes halogenated alkanes) is 2. The molecule has 0 amide bonds. The minimum Gasteiger partial charge on any atom is -0.465 e. The summed E-state index contributed by atoms with van der Waals surface area (Å²) in [5, 5.41) is 0. The van der Waals surface area contributed by atoms with E-state index < -0.39 is 30.3 Å². The molecule has 5 nitrogen and oxygen atoms in total. The Bertz CT molecular complexity index is 1010. The number of esters is 1. The number of hydrogen-bond acceptors (Lipinski definition) is 5. The van der Waals surface area contributed by atoms with E-state index in [0.29, 0.717) is 28.7 Å². The predicted octanol–water partition coefficient (Wildman–Crippen LogP) is 6.61. The Kier molecular flexibility index (Phi) is 8.97. The van der Waals surface area contributed by atoms with Crippen LogP contribution in [-0.4, -0.2) is 29.8 Å². The van der Waals surface area contributed by atoms with Crippen molar-refractivity contribution in [2.75, 3.05) is 12.8 Å². The summed E-state index contributed by atoms with van der Waals surface area (Å²) in [6.07, 6.45) is 1.81. The monoisotopic (exact) mass is 470 g/mol. The van der Waals surface area contributed by atoms with Crippen LogP contribution in [0, 0.1) is 41.5 Å². The lowest BCUT2D eigenvalue weighted by Gasteiger charge is -2.20. The molecule has 178 valence electrons. The van der Waals surface area contributed by atoms with Gasteiger partial charge in [-0.1, -0.05) is 55.2 Å². The molecule has 6 heteroatoms. The first-order valence-corrected chi connectivity index (χ1v) is 13.3. The van der Waals surface area contributed by atoms with Crippen LogP contribution in [0.1, 0.15) is 80.3 Å². The SMILES string of the molecule is CCCCCOC(=O)CP(=O)(C(=O)c1c(C)cc(C)cc1C)C(=O)c1c(C)cc(C)cc1C. The molecule has 0 N–H and O–H groups in total. The second kappa shape index (κ2) is 11.1. The average molecular weight is 471 g/mol. The first-order chi connectivity index (χ1) is 15.4. The molecule has 0 saturated heterocycles. The molecular weight excluding hydrogens is 435 g/mol. The molecule has 0 atom stereocenters. The molecule has 0 aliphatic carbocycles. The summed E-state index contributed by atoms with van der Waals surface area (Å²) in [6.45, 7) is 13.1. The van der Waals surface area contributed by atoms with Gasteiger partial charge in [0, 0.05) is 11.1 Å². The van der Waals surface area contributed by atoms with Crippen LogP contribution in [0.25, 0.3) is 0 Å². The minimum absolute atomic E-state index is 0.181. The smallest absolute Gasteiger partial charge is 0.314 e. The van der Waals surface area contributed by atoms with Crippen molar-refractivity contribution in [3.8, 4) is 0 Å². The molecule has 2 aromatic rings. The summed E-state index contributed by atoms with van der Waals surface area (Å²) >= 11 is 0. The zero-order chi connectivity index (χ0) is 24.9. The fourth-order valence-corrected chi connectivity index (χ4v) is 6.75. The van der Waals surface area contributed by atoms with Crippen molar-refractivity contribution in [3.63, 3.8) is 0 Å². The molecule has 2 rings (SSSR count). The van der Waals surface area contributed by atoms with E-state index in [4.69, 9.17) is 4.74 Å². The van der Waals surface area contributed by atoms with Crippen LogP contribution < -0.4 is 0 Å². The van der Waals surface area contributed by atoms with Gasteiger partial charge in [-0.05, 0) is 70.2 Å². The Labute approximate surface area is 197 Å². The highest BCUT2D eigenvalue weighted by molar-refractivity contribution is 7.96. The molecule has 0 heterocycles. The molecule has 0 aliphatic rings. The van der Waals surface area contributed by atoms with Crippen LogP contribution in [0.5, 0.6) is 0 Å². The average Bonchev–Trinajstić information content (AvgIpc) is 2.69. The molecule has 0 spiro atoms. The normalized spacial score (nSPS) is 11.4. The van der Waals surface area contributed by atoms with E-state index in [-0.39, 0.29) is 17.7 Å². The maximum atomic E-state index is 14.3. The second-order valence-electron chi connectivity index (χ2n) is 8.98. The standard InChI is InChI=1S/C27H35O5P/c1-8-9-10-11-32-23(28)16-33(31,26(29)24-19(4)12-17(2)13-20(24)5)27(30)25-21(6)14-18(3)15-22(25)7/h12-15H,8-11,16H2,1-7H3. The van der Waals surface area contributed by atoms with Crippen LogP contribution in [0.2, 0.25) is 0 Å². The largest absolute Gasteiger partial charge is 0.465 e. The number of carbonyl (C=O) groups is 3. The highest BCUT2D eigenvalue weighted by atomic mass is 31.2. The summed E-state index contributed by atoms with van der Waals surface area (Å²) < 4.78 is 19.5. The van der Waals surface area contributed by atoms with Crippen LogP contribution in [0.4, 0.5) is 0 Å². The number of ether oxygens (including phenoxy) is 1. The van der Waals surface area contributed by atoms with Crippen LogP contribution in [0.15, 0.2) is 24.3 Å². The van der Waals surface area contributed by atoms with E-state index >= 15 is 0 Å².